The van der Waals surface area contributed by atoms with Gasteiger partial charge in [-0.2, -0.15) is 0 Å². The maximum Gasteiger partial charge on any atom is 0.174 e. The Morgan fingerprint density at radius 1 is 1.02 bits per heavy atom. The number of pyridine rings is 1. The summed E-state index contributed by atoms with van der Waals surface area (Å²) in [4.78, 5) is 9.19. The van der Waals surface area contributed by atoms with Crippen LogP contribution in [0.4, 0.5) is 11.4 Å². The molecule has 0 spiro atoms. The zero-order valence-corrected chi connectivity index (χ0v) is 25.9. The standard InChI is InChI=1S/C32H32BrClN4OS/c1-19-7-9-23(24(33)15-19)28-11-12-29(39-28)31-30(26-6-4-5-13-35-26)36-32(40)38(31)22-8-10-27(25(34)16-22)37-17-20(2)14-21(3)18-37/h4-13,15-16,20-21,30-31H,14,17-18H2,1-3H3,(H,36,40)/t20-,21-,30-,31+/m0/s1. The Kier molecular flexibility index (Phi) is 7.64. The van der Waals surface area contributed by atoms with Gasteiger partial charge in [-0.15, -0.1) is 0 Å². The Balaban J connectivity index is 1.39. The number of anilines is 2. The molecule has 8 heteroatoms. The van der Waals surface area contributed by atoms with Crippen LogP contribution in [0, 0.1) is 18.8 Å². The van der Waals surface area contributed by atoms with Crippen molar-refractivity contribution in [1.29, 1.82) is 0 Å². The molecule has 1 N–H and O–H groups in total. The Bertz CT molecular complexity index is 1530. The summed E-state index contributed by atoms with van der Waals surface area (Å²) in [5, 5.41) is 4.85. The smallest absolute Gasteiger partial charge is 0.174 e. The number of thiocarbonyl (C=S) groups is 1. The molecule has 6 rings (SSSR count). The minimum Gasteiger partial charge on any atom is -0.459 e. The quantitative estimate of drug-likeness (QED) is 0.221. The first-order valence-corrected chi connectivity index (χ1v) is 15.3. The lowest BCUT2D eigenvalue weighted by Crippen LogP contribution is -2.38. The predicted molar refractivity (Wildman–Crippen MR) is 171 cm³/mol. The van der Waals surface area contributed by atoms with Gasteiger partial charge in [-0.25, -0.2) is 0 Å². The first-order valence-electron chi connectivity index (χ1n) is 13.7. The molecule has 0 aliphatic carbocycles. The van der Waals surface area contributed by atoms with Crippen LogP contribution < -0.4 is 15.1 Å². The molecule has 2 aromatic heterocycles. The number of benzene rings is 2. The Morgan fingerprint density at radius 2 is 1.82 bits per heavy atom. The van der Waals surface area contributed by atoms with Gasteiger partial charge in [0, 0.05) is 35.0 Å². The zero-order chi connectivity index (χ0) is 28.0. The number of hydrogen-bond acceptors (Lipinski definition) is 4. The van der Waals surface area contributed by atoms with Gasteiger partial charge in [-0.1, -0.05) is 53.5 Å². The Hall–Kier alpha value is -2.87. The number of hydrogen-bond donors (Lipinski definition) is 1. The molecule has 4 heterocycles. The van der Waals surface area contributed by atoms with Crippen LogP contribution in [0.15, 0.2) is 81.8 Å². The van der Waals surface area contributed by atoms with Crippen LogP contribution in [-0.2, 0) is 0 Å². The third-order valence-electron chi connectivity index (χ3n) is 7.83. The summed E-state index contributed by atoms with van der Waals surface area (Å²) < 4.78 is 7.55. The molecule has 0 bridgehead atoms. The van der Waals surface area contributed by atoms with Gasteiger partial charge in [0.1, 0.15) is 17.6 Å². The van der Waals surface area contributed by atoms with E-state index in [1.807, 2.05) is 42.6 Å². The van der Waals surface area contributed by atoms with Crippen molar-refractivity contribution in [2.45, 2.75) is 39.3 Å². The van der Waals surface area contributed by atoms with E-state index in [1.165, 1.54) is 12.0 Å². The van der Waals surface area contributed by atoms with E-state index in [4.69, 9.17) is 28.2 Å². The highest BCUT2D eigenvalue weighted by Gasteiger charge is 2.43. The molecule has 2 aromatic carbocycles. The predicted octanol–water partition coefficient (Wildman–Crippen LogP) is 8.73. The number of aryl methyl sites for hydroxylation is 1. The van der Waals surface area contributed by atoms with Crippen LogP contribution in [0.1, 0.15) is 49.4 Å². The average Bonchev–Trinajstić information content (AvgIpc) is 3.53. The van der Waals surface area contributed by atoms with Crippen molar-refractivity contribution in [1.82, 2.24) is 10.3 Å². The molecule has 4 aromatic rings. The Labute approximate surface area is 254 Å². The number of halogens is 2. The topological polar surface area (TPSA) is 44.5 Å². The van der Waals surface area contributed by atoms with Crippen molar-refractivity contribution >= 4 is 56.2 Å². The fraction of sp³-hybridized carbons (Fsp3) is 0.312. The molecule has 2 fully saturated rings. The third-order valence-corrected chi connectivity index (χ3v) is 9.10. The van der Waals surface area contributed by atoms with Crippen molar-refractivity contribution in [3.63, 3.8) is 0 Å². The van der Waals surface area contributed by atoms with Crippen LogP contribution in [0.3, 0.4) is 0 Å². The van der Waals surface area contributed by atoms with E-state index in [0.29, 0.717) is 16.9 Å². The monoisotopic (exact) mass is 634 g/mol. The summed E-state index contributed by atoms with van der Waals surface area (Å²) in [6, 6.07) is 22.1. The fourth-order valence-electron chi connectivity index (χ4n) is 6.16. The Morgan fingerprint density at radius 3 is 2.52 bits per heavy atom. The van der Waals surface area contributed by atoms with Crippen molar-refractivity contribution in [3.05, 3.63) is 99.4 Å². The second kappa shape index (κ2) is 11.2. The number of furan rings is 1. The first-order chi connectivity index (χ1) is 19.3. The number of aromatic nitrogens is 1. The van der Waals surface area contributed by atoms with Crippen molar-refractivity contribution < 1.29 is 4.42 Å². The molecule has 5 nitrogen and oxygen atoms in total. The second-order valence-electron chi connectivity index (χ2n) is 11.2. The van der Waals surface area contributed by atoms with Crippen LogP contribution in [0.5, 0.6) is 0 Å². The summed E-state index contributed by atoms with van der Waals surface area (Å²) >= 11 is 16.6. The van der Waals surface area contributed by atoms with E-state index >= 15 is 0 Å². The van der Waals surface area contributed by atoms with Crippen LogP contribution in [0.25, 0.3) is 11.3 Å². The fourth-order valence-corrected chi connectivity index (χ4v) is 7.49. The first kappa shape index (κ1) is 27.3. The van der Waals surface area contributed by atoms with E-state index in [-0.39, 0.29) is 12.1 Å². The normalized spacial score (nSPS) is 23.0. The highest BCUT2D eigenvalue weighted by Crippen LogP contribution is 2.45. The molecule has 40 heavy (non-hydrogen) atoms. The molecule has 2 aliphatic rings. The van der Waals surface area contributed by atoms with Gasteiger partial charge in [0.25, 0.3) is 0 Å². The molecule has 2 saturated heterocycles. The number of nitrogens with one attached hydrogen (secondary N) is 1. The molecule has 0 saturated carbocycles. The van der Waals surface area contributed by atoms with Crippen LogP contribution in [0.2, 0.25) is 5.02 Å². The van der Waals surface area contributed by atoms with E-state index in [2.05, 4.69) is 87.1 Å². The highest BCUT2D eigenvalue weighted by atomic mass is 79.9. The van der Waals surface area contributed by atoms with Gasteiger partial charge < -0.3 is 19.5 Å². The molecule has 0 radical (unpaired) electrons. The van der Waals surface area contributed by atoms with Gasteiger partial charge in [0.15, 0.2) is 5.11 Å². The van der Waals surface area contributed by atoms with E-state index in [1.54, 1.807) is 0 Å². The summed E-state index contributed by atoms with van der Waals surface area (Å²) in [7, 11) is 0. The average molecular weight is 636 g/mol. The van der Waals surface area contributed by atoms with E-state index in [9.17, 15) is 0 Å². The molecule has 206 valence electrons. The van der Waals surface area contributed by atoms with Crippen molar-refractivity contribution in [2.24, 2.45) is 11.8 Å². The lowest BCUT2D eigenvalue weighted by molar-refractivity contribution is 0.357. The number of rotatable bonds is 5. The lowest BCUT2D eigenvalue weighted by Gasteiger charge is -2.37. The number of nitrogens with zero attached hydrogens (tertiary/aromatic N) is 3. The third kappa shape index (κ3) is 5.27. The maximum atomic E-state index is 6.97. The summed E-state index contributed by atoms with van der Waals surface area (Å²) in [6.07, 6.45) is 3.06. The van der Waals surface area contributed by atoms with E-state index in [0.717, 1.165) is 56.7 Å². The van der Waals surface area contributed by atoms with Gasteiger partial charge in [-0.05, 0) is 97.6 Å². The van der Waals surface area contributed by atoms with Gasteiger partial charge in [-0.3, -0.25) is 4.98 Å². The summed E-state index contributed by atoms with van der Waals surface area (Å²) in [5.74, 6) is 2.87. The van der Waals surface area contributed by atoms with Gasteiger partial charge in [0.05, 0.1) is 22.4 Å². The molecule has 2 aliphatic heterocycles. The van der Waals surface area contributed by atoms with Crippen molar-refractivity contribution in [3.8, 4) is 11.3 Å². The molecule has 4 atom stereocenters. The van der Waals surface area contributed by atoms with Crippen LogP contribution in [-0.4, -0.2) is 23.2 Å². The lowest BCUT2D eigenvalue weighted by atomic mass is 9.91. The van der Waals surface area contributed by atoms with Gasteiger partial charge >= 0.3 is 0 Å². The van der Waals surface area contributed by atoms with Crippen molar-refractivity contribution in [2.75, 3.05) is 22.9 Å². The molecule has 0 unspecified atom stereocenters. The van der Waals surface area contributed by atoms with Gasteiger partial charge in [0.2, 0.25) is 0 Å². The van der Waals surface area contributed by atoms with Crippen LogP contribution >= 0.6 is 39.7 Å². The van der Waals surface area contributed by atoms with E-state index < -0.39 is 0 Å². The molecule has 0 amide bonds. The number of piperidine rings is 1. The minimum atomic E-state index is -0.252. The second-order valence-corrected chi connectivity index (χ2v) is 12.8. The maximum absolute atomic E-state index is 6.97. The summed E-state index contributed by atoms with van der Waals surface area (Å²) in [5.41, 5.74) is 5.07. The minimum absolute atomic E-state index is 0.198. The zero-order valence-electron chi connectivity index (χ0n) is 22.8. The summed E-state index contributed by atoms with van der Waals surface area (Å²) in [6.45, 7) is 8.73. The highest BCUT2D eigenvalue weighted by molar-refractivity contribution is 9.10. The SMILES string of the molecule is Cc1ccc(-c2ccc([C@@H]3[C@H](c4ccccn4)NC(=S)N3c3ccc(N4C[C@@H](C)C[C@H](C)C4)c(Cl)c3)o2)c(Br)c1. The largest absolute Gasteiger partial charge is 0.459 e. The molecular formula is C32H32BrClN4OS. The molecular weight excluding hydrogens is 604 g/mol.